The summed E-state index contributed by atoms with van der Waals surface area (Å²) in [7, 11) is -3.04. The molecule has 0 bridgehead atoms. The molecule has 3 nitrogen and oxygen atoms in total. The lowest BCUT2D eigenvalue weighted by molar-refractivity contribution is 0.395. The van der Waals surface area contributed by atoms with Gasteiger partial charge in [-0.2, -0.15) is 0 Å². The molecule has 0 heterocycles. The minimum Gasteiger partial charge on any atom is -0.313 e. The van der Waals surface area contributed by atoms with Gasteiger partial charge in [0.25, 0.3) is 0 Å². The highest BCUT2D eigenvalue weighted by Crippen LogP contribution is 2.20. The zero-order valence-electron chi connectivity index (χ0n) is 11.5. The lowest BCUT2D eigenvalue weighted by Gasteiger charge is -2.28. The van der Waals surface area contributed by atoms with Crippen LogP contribution < -0.4 is 5.32 Å². The van der Waals surface area contributed by atoms with E-state index in [0.29, 0.717) is 5.92 Å². The van der Waals surface area contributed by atoms with Gasteiger partial charge >= 0.3 is 0 Å². The van der Waals surface area contributed by atoms with Gasteiger partial charge in [-0.1, -0.05) is 27.2 Å². The van der Waals surface area contributed by atoms with Gasteiger partial charge in [-0.05, 0) is 33.2 Å². The van der Waals surface area contributed by atoms with Gasteiger partial charge in [-0.3, -0.25) is 0 Å². The van der Waals surface area contributed by atoms with Crippen LogP contribution in [0, 0.1) is 5.92 Å². The van der Waals surface area contributed by atoms with Crippen LogP contribution in [0.25, 0.3) is 0 Å². The van der Waals surface area contributed by atoms with Gasteiger partial charge in [-0.25, -0.2) is 8.42 Å². The van der Waals surface area contributed by atoms with E-state index in [1.165, 1.54) is 0 Å². The number of rotatable bonds is 6. The van der Waals surface area contributed by atoms with E-state index in [4.69, 9.17) is 0 Å². The maximum Gasteiger partial charge on any atom is 0.156 e. The van der Waals surface area contributed by atoms with E-state index in [0.717, 1.165) is 13.0 Å². The Hall–Kier alpha value is -0.0900. The van der Waals surface area contributed by atoms with Crippen molar-refractivity contribution in [1.82, 2.24) is 5.32 Å². The highest BCUT2D eigenvalue weighted by atomic mass is 32.2. The number of hydrogen-bond acceptors (Lipinski definition) is 3. The smallest absolute Gasteiger partial charge is 0.156 e. The molecular weight excluding hydrogens is 222 g/mol. The third-order valence-electron chi connectivity index (χ3n) is 3.13. The second kappa shape index (κ2) is 6.01. The minimum atomic E-state index is -3.04. The third kappa shape index (κ3) is 4.42. The predicted molar refractivity (Wildman–Crippen MR) is 70.5 cm³/mol. The summed E-state index contributed by atoms with van der Waals surface area (Å²) in [5.41, 5.74) is 0. The summed E-state index contributed by atoms with van der Waals surface area (Å²) in [6, 6.07) is 0.0687. The Morgan fingerprint density at radius 2 is 1.69 bits per heavy atom. The molecule has 2 unspecified atom stereocenters. The lowest BCUT2D eigenvalue weighted by Crippen LogP contribution is -2.44. The van der Waals surface area contributed by atoms with Crippen molar-refractivity contribution in [1.29, 1.82) is 0 Å². The SMILES string of the molecule is CCNC(CS(=O)(=O)C(C)(C)C)C(C)CC. The molecule has 0 aliphatic heterocycles. The molecule has 98 valence electrons. The van der Waals surface area contributed by atoms with Crippen molar-refractivity contribution >= 4 is 9.84 Å². The average Bonchev–Trinajstić information content (AvgIpc) is 2.14. The van der Waals surface area contributed by atoms with Crippen LogP contribution in [-0.2, 0) is 9.84 Å². The lowest BCUT2D eigenvalue weighted by atomic mass is 10.0. The second-order valence-electron chi connectivity index (χ2n) is 5.44. The molecule has 2 atom stereocenters. The number of nitrogens with one attached hydrogen (secondary N) is 1. The molecule has 0 aromatic rings. The summed E-state index contributed by atoms with van der Waals surface area (Å²) in [5, 5.41) is 3.28. The fourth-order valence-electron chi connectivity index (χ4n) is 1.46. The molecule has 0 aromatic carbocycles. The molecule has 4 heteroatoms. The minimum absolute atomic E-state index is 0.0687. The molecular formula is C12H27NO2S. The van der Waals surface area contributed by atoms with Gasteiger partial charge in [0.2, 0.25) is 0 Å². The van der Waals surface area contributed by atoms with Crippen LogP contribution in [0.1, 0.15) is 48.0 Å². The van der Waals surface area contributed by atoms with E-state index in [1.807, 2.05) is 6.92 Å². The average molecular weight is 249 g/mol. The van der Waals surface area contributed by atoms with E-state index >= 15 is 0 Å². The monoisotopic (exact) mass is 249 g/mol. The van der Waals surface area contributed by atoms with Crippen molar-refractivity contribution in [3.63, 3.8) is 0 Å². The molecule has 0 spiro atoms. The fourth-order valence-corrected chi connectivity index (χ4v) is 2.88. The summed E-state index contributed by atoms with van der Waals surface area (Å²) in [6.45, 7) is 12.3. The first-order valence-corrected chi connectivity index (χ1v) is 7.76. The van der Waals surface area contributed by atoms with Crippen LogP contribution in [0.15, 0.2) is 0 Å². The van der Waals surface area contributed by atoms with E-state index in [2.05, 4.69) is 19.2 Å². The Morgan fingerprint density at radius 1 is 1.19 bits per heavy atom. The molecule has 0 saturated carbocycles. The van der Waals surface area contributed by atoms with E-state index < -0.39 is 14.6 Å². The first-order valence-electron chi connectivity index (χ1n) is 6.11. The maximum atomic E-state index is 12.1. The number of hydrogen-bond donors (Lipinski definition) is 1. The first-order chi connectivity index (χ1) is 7.15. The van der Waals surface area contributed by atoms with Gasteiger partial charge < -0.3 is 5.32 Å². The number of sulfone groups is 1. The van der Waals surface area contributed by atoms with Crippen LogP contribution in [-0.4, -0.2) is 31.5 Å². The largest absolute Gasteiger partial charge is 0.313 e. The zero-order valence-corrected chi connectivity index (χ0v) is 12.3. The Balaban J connectivity index is 4.76. The zero-order chi connectivity index (χ0) is 13.0. The summed E-state index contributed by atoms with van der Waals surface area (Å²) in [6.07, 6.45) is 0.997. The Bertz CT molecular complexity index is 291. The summed E-state index contributed by atoms with van der Waals surface area (Å²) < 4.78 is 23.6. The maximum absolute atomic E-state index is 12.1. The van der Waals surface area contributed by atoms with Crippen LogP contribution in [0.3, 0.4) is 0 Å². The van der Waals surface area contributed by atoms with E-state index in [1.54, 1.807) is 20.8 Å². The standard InChI is InChI=1S/C12H27NO2S/c1-7-10(3)11(13-8-2)9-16(14,15)12(4,5)6/h10-11,13H,7-9H2,1-6H3. The summed E-state index contributed by atoms with van der Waals surface area (Å²) in [5.74, 6) is 0.622. The Morgan fingerprint density at radius 3 is 2.00 bits per heavy atom. The molecule has 0 amide bonds. The van der Waals surface area contributed by atoms with Gasteiger partial charge in [0, 0.05) is 6.04 Å². The Kier molecular flexibility index (Phi) is 5.98. The molecule has 0 rings (SSSR count). The molecule has 16 heavy (non-hydrogen) atoms. The molecule has 0 fully saturated rings. The fraction of sp³-hybridized carbons (Fsp3) is 1.00. The van der Waals surface area contributed by atoms with Gasteiger partial charge in [0.05, 0.1) is 10.5 Å². The first kappa shape index (κ1) is 15.9. The highest BCUT2D eigenvalue weighted by molar-refractivity contribution is 7.92. The van der Waals surface area contributed by atoms with Crippen molar-refractivity contribution in [3.05, 3.63) is 0 Å². The van der Waals surface area contributed by atoms with Crippen molar-refractivity contribution in [2.75, 3.05) is 12.3 Å². The molecule has 0 aromatic heterocycles. The topological polar surface area (TPSA) is 46.2 Å². The van der Waals surface area contributed by atoms with Crippen LogP contribution >= 0.6 is 0 Å². The third-order valence-corrected chi connectivity index (χ3v) is 5.79. The van der Waals surface area contributed by atoms with Crippen LogP contribution in [0.4, 0.5) is 0 Å². The summed E-state index contributed by atoms with van der Waals surface area (Å²) in [4.78, 5) is 0. The van der Waals surface area contributed by atoms with Gasteiger partial charge in [-0.15, -0.1) is 0 Å². The van der Waals surface area contributed by atoms with Crippen LogP contribution in [0.2, 0.25) is 0 Å². The second-order valence-corrected chi connectivity index (χ2v) is 8.23. The predicted octanol–water partition coefficient (Wildman–Crippen LogP) is 2.22. The van der Waals surface area contributed by atoms with Gasteiger partial charge in [0.1, 0.15) is 0 Å². The molecule has 0 aliphatic rings. The van der Waals surface area contributed by atoms with Crippen LogP contribution in [0.5, 0.6) is 0 Å². The van der Waals surface area contributed by atoms with Crippen molar-refractivity contribution < 1.29 is 8.42 Å². The van der Waals surface area contributed by atoms with Crippen molar-refractivity contribution in [2.24, 2.45) is 5.92 Å². The Labute approximate surface area is 101 Å². The van der Waals surface area contributed by atoms with E-state index in [-0.39, 0.29) is 11.8 Å². The summed E-state index contributed by atoms with van der Waals surface area (Å²) >= 11 is 0. The normalized spacial score (nSPS) is 17.1. The molecule has 1 N–H and O–H groups in total. The quantitative estimate of drug-likeness (QED) is 0.785. The van der Waals surface area contributed by atoms with Gasteiger partial charge in [0.15, 0.2) is 9.84 Å². The van der Waals surface area contributed by atoms with E-state index in [9.17, 15) is 8.42 Å². The van der Waals surface area contributed by atoms with Crippen molar-refractivity contribution in [3.8, 4) is 0 Å². The highest BCUT2D eigenvalue weighted by Gasteiger charge is 2.32. The molecule has 0 saturated heterocycles. The molecule has 0 aliphatic carbocycles. The van der Waals surface area contributed by atoms with Crippen molar-refractivity contribution in [2.45, 2.75) is 58.8 Å². The molecule has 0 radical (unpaired) electrons.